The minimum atomic E-state index is -0.0716. The van der Waals surface area contributed by atoms with E-state index in [4.69, 9.17) is 0 Å². The highest BCUT2D eigenvalue weighted by Crippen LogP contribution is 2.21. The highest BCUT2D eigenvalue weighted by atomic mass is 16.2. The van der Waals surface area contributed by atoms with Crippen molar-refractivity contribution < 1.29 is 9.59 Å². The first-order valence-corrected chi connectivity index (χ1v) is 8.43. The third kappa shape index (κ3) is 3.83. The Morgan fingerprint density at radius 1 is 1.26 bits per heavy atom. The molecule has 2 fully saturated rings. The molecule has 1 N–H and O–H groups in total. The van der Waals surface area contributed by atoms with Gasteiger partial charge < -0.3 is 15.1 Å². The van der Waals surface area contributed by atoms with E-state index in [0.717, 1.165) is 44.5 Å². The van der Waals surface area contributed by atoms with Gasteiger partial charge in [-0.3, -0.25) is 9.48 Å². The number of nitrogens with zero attached hydrogens (tertiary/aromatic N) is 4. The second kappa shape index (κ2) is 7.02. The number of aryl methyl sites for hydroxylation is 1. The number of aromatic nitrogens is 2. The van der Waals surface area contributed by atoms with Crippen molar-refractivity contribution in [1.29, 1.82) is 0 Å². The van der Waals surface area contributed by atoms with E-state index in [1.807, 2.05) is 24.2 Å². The predicted molar refractivity (Wildman–Crippen MR) is 85.8 cm³/mol. The molecule has 1 unspecified atom stereocenters. The molecule has 2 aliphatic heterocycles. The van der Waals surface area contributed by atoms with E-state index in [-0.39, 0.29) is 17.9 Å². The van der Waals surface area contributed by atoms with Crippen molar-refractivity contribution in [3.63, 3.8) is 0 Å². The predicted octanol–water partition coefficient (Wildman–Crippen LogP) is 0.617. The zero-order valence-corrected chi connectivity index (χ0v) is 13.7. The first kappa shape index (κ1) is 15.8. The molecule has 0 spiro atoms. The molecule has 0 radical (unpaired) electrons. The van der Waals surface area contributed by atoms with Crippen LogP contribution in [0.3, 0.4) is 0 Å². The molecular formula is C16H25N5O2. The molecule has 3 heterocycles. The summed E-state index contributed by atoms with van der Waals surface area (Å²) >= 11 is 0. The number of hydrogen-bond acceptors (Lipinski definition) is 3. The Labute approximate surface area is 136 Å². The standard InChI is InChI=1S/C16H25N5O2/c1-19-10-6-14(18-19)4-7-17-16(23)21-11-5-13(12-21)15(22)20-8-2-3-9-20/h6,10,13H,2-5,7-9,11-12H2,1H3,(H,17,23). The molecule has 7 heteroatoms. The Kier molecular flexibility index (Phi) is 4.83. The number of carbonyl (C=O) groups excluding carboxylic acids is 2. The monoisotopic (exact) mass is 319 g/mol. The van der Waals surface area contributed by atoms with Gasteiger partial charge in [-0.25, -0.2) is 4.79 Å². The summed E-state index contributed by atoms with van der Waals surface area (Å²) in [5.41, 5.74) is 0.969. The van der Waals surface area contributed by atoms with Crippen LogP contribution in [0.5, 0.6) is 0 Å². The normalized spacial score (nSPS) is 21.0. The average Bonchev–Trinajstić information content (AvgIpc) is 3.28. The summed E-state index contributed by atoms with van der Waals surface area (Å²) in [7, 11) is 1.88. The summed E-state index contributed by atoms with van der Waals surface area (Å²) < 4.78 is 1.76. The van der Waals surface area contributed by atoms with Gasteiger partial charge in [0.05, 0.1) is 11.6 Å². The Morgan fingerprint density at radius 3 is 2.74 bits per heavy atom. The Bertz CT molecular complexity index is 565. The van der Waals surface area contributed by atoms with Gasteiger partial charge >= 0.3 is 6.03 Å². The zero-order valence-electron chi connectivity index (χ0n) is 13.7. The van der Waals surface area contributed by atoms with E-state index in [1.165, 1.54) is 0 Å². The van der Waals surface area contributed by atoms with Crippen molar-refractivity contribution in [3.05, 3.63) is 18.0 Å². The summed E-state index contributed by atoms with van der Waals surface area (Å²) in [5, 5.41) is 7.21. The van der Waals surface area contributed by atoms with Gasteiger partial charge in [-0.2, -0.15) is 5.10 Å². The van der Waals surface area contributed by atoms with Gasteiger partial charge in [0.2, 0.25) is 5.91 Å². The lowest BCUT2D eigenvalue weighted by Crippen LogP contribution is -2.41. The van der Waals surface area contributed by atoms with Crippen molar-refractivity contribution in [1.82, 2.24) is 24.9 Å². The fourth-order valence-corrected chi connectivity index (χ4v) is 3.35. The molecule has 0 saturated carbocycles. The topological polar surface area (TPSA) is 70.5 Å². The van der Waals surface area contributed by atoms with E-state index in [0.29, 0.717) is 19.6 Å². The Hall–Kier alpha value is -2.05. The maximum atomic E-state index is 12.4. The molecule has 0 aliphatic carbocycles. The number of hydrogen-bond donors (Lipinski definition) is 1. The van der Waals surface area contributed by atoms with Crippen LogP contribution in [0.2, 0.25) is 0 Å². The lowest BCUT2D eigenvalue weighted by atomic mass is 10.1. The molecule has 0 bridgehead atoms. The highest BCUT2D eigenvalue weighted by molar-refractivity contribution is 5.81. The van der Waals surface area contributed by atoms with Crippen LogP contribution in [0.4, 0.5) is 4.79 Å². The molecule has 0 aromatic carbocycles. The van der Waals surface area contributed by atoms with Gasteiger partial charge in [-0.05, 0) is 25.3 Å². The quantitative estimate of drug-likeness (QED) is 0.884. The van der Waals surface area contributed by atoms with Gasteiger partial charge in [0, 0.05) is 52.4 Å². The molecule has 1 atom stereocenters. The van der Waals surface area contributed by atoms with E-state index in [1.54, 1.807) is 9.58 Å². The molecule has 2 aliphatic rings. The maximum absolute atomic E-state index is 12.4. The smallest absolute Gasteiger partial charge is 0.317 e. The molecule has 3 rings (SSSR count). The van der Waals surface area contributed by atoms with Crippen LogP contribution in [-0.2, 0) is 18.3 Å². The van der Waals surface area contributed by atoms with E-state index in [2.05, 4.69) is 10.4 Å². The second-order valence-corrected chi connectivity index (χ2v) is 6.43. The number of rotatable bonds is 4. The third-order valence-electron chi connectivity index (χ3n) is 4.67. The maximum Gasteiger partial charge on any atom is 0.317 e. The minimum Gasteiger partial charge on any atom is -0.342 e. The fraction of sp³-hybridized carbons (Fsp3) is 0.688. The summed E-state index contributed by atoms with van der Waals surface area (Å²) in [6, 6.07) is 1.88. The van der Waals surface area contributed by atoms with Crippen LogP contribution in [0.25, 0.3) is 0 Å². The van der Waals surface area contributed by atoms with Crippen LogP contribution in [0.15, 0.2) is 12.3 Å². The molecule has 126 valence electrons. The molecule has 23 heavy (non-hydrogen) atoms. The lowest BCUT2D eigenvalue weighted by molar-refractivity contribution is -0.133. The largest absolute Gasteiger partial charge is 0.342 e. The number of carbonyl (C=O) groups is 2. The first-order chi connectivity index (χ1) is 11.1. The van der Waals surface area contributed by atoms with E-state index >= 15 is 0 Å². The molecule has 1 aromatic rings. The number of likely N-dealkylation sites (tertiary alicyclic amines) is 2. The number of urea groups is 1. The fourth-order valence-electron chi connectivity index (χ4n) is 3.35. The Balaban J connectivity index is 1.41. The highest BCUT2D eigenvalue weighted by Gasteiger charge is 2.34. The van der Waals surface area contributed by atoms with E-state index < -0.39 is 0 Å². The van der Waals surface area contributed by atoms with Gasteiger partial charge in [0.1, 0.15) is 0 Å². The van der Waals surface area contributed by atoms with Crippen LogP contribution in [0, 0.1) is 5.92 Å². The summed E-state index contributed by atoms with van der Waals surface area (Å²) in [4.78, 5) is 28.3. The van der Waals surface area contributed by atoms with Crippen LogP contribution < -0.4 is 5.32 Å². The Morgan fingerprint density at radius 2 is 2.04 bits per heavy atom. The van der Waals surface area contributed by atoms with Crippen molar-refractivity contribution in [2.75, 3.05) is 32.7 Å². The summed E-state index contributed by atoms with van der Waals surface area (Å²) in [5.74, 6) is 0.209. The van der Waals surface area contributed by atoms with Crippen LogP contribution in [-0.4, -0.2) is 64.2 Å². The van der Waals surface area contributed by atoms with Crippen molar-refractivity contribution in [2.45, 2.75) is 25.7 Å². The molecule has 2 saturated heterocycles. The van der Waals surface area contributed by atoms with Crippen molar-refractivity contribution >= 4 is 11.9 Å². The van der Waals surface area contributed by atoms with Gasteiger partial charge in [0.25, 0.3) is 0 Å². The van der Waals surface area contributed by atoms with Gasteiger partial charge in [-0.15, -0.1) is 0 Å². The van der Waals surface area contributed by atoms with Gasteiger partial charge in [0.15, 0.2) is 0 Å². The van der Waals surface area contributed by atoms with Crippen molar-refractivity contribution in [2.24, 2.45) is 13.0 Å². The van der Waals surface area contributed by atoms with Crippen LogP contribution in [0.1, 0.15) is 25.0 Å². The second-order valence-electron chi connectivity index (χ2n) is 6.43. The minimum absolute atomic E-state index is 0.0189. The molecular weight excluding hydrogens is 294 g/mol. The average molecular weight is 319 g/mol. The first-order valence-electron chi connectivity index (χ1n) is 8.43. The number of amides is 3. The van der Waals surface area contributed by atoms with Crippen LogP contribution >= 0.6 is 0 Å². The third-order valence-corrected chi connectivity index (χ3v) is 4.67. The SMILES string of the molecule is Cn1ccc(CCNC(=O)N2CCC(C(=O)N3CCCC3)C2)n1. The molecule has 7 nitrogen and oxygen atoms in total. The summed E-state index contributed by atoms with van der Waals surface area (Å²) in [6.45, 7) is 3.54. The lowest BCUT2D eigenvalue weighted by Gasteiger charge is -2.20. The molecule has 3 amide bonds. The number of nitrogens with one attached hydrogen (secondary N) is 1. The molecule has 1 aromatic heterocycles. The van der Waals surface area contributed by atoms with Crippen molar-refractivity contribution in [3.8, 4) is 0 Å². The van der Waals surface area contributed by atoms with Gasteiger partial charge in [-0.1, -0.05) is 0 Å². The van der Waals surface area contributed by atoms with E-state index in [9.17, 15) is 9.59 Å². The summed E-state index contributed by atoms with van der Waals surface area (Å²) in [6.07, 6.45) is 5.61. The zero-order chi connectivity index (χ0) is 16.2.